The van der Waals surface area contributed by atoms with Crippen molar-refractivity contribution in [3.8, 4) is 11.8 Å². The molecular weight excluding hydrogens is 410 g/mol. The molecule has 2 aromatic heterocycles. The van der Waals surface area contributed by atoms with Crippen LogP contribution >= 0.6 is 0 Å². The van der Waals surface area contributed by atoms with Gasteiger partial charge in [0.15, 0.2) is 5.65 Å². The Hall–Kier alpha value is -2.95. The Labute approximate surface area is 196 Å². The third kappa shape index (κ3) is 5.02. The lowest BCUT2D eigenvalue weighted by Gasteiger charge is -2.18. The van der Waals surface area contributed by atoms with Crippen molar-refractivity contribution in [2.45, 2.75) is 50.7 Å². The van der Waals surface area contributed by atoms with Gasteiger partial charge in [0.05, 0.1) is 18.0 Å². The van der Waals surface area contributed by atoms with Crippen molar-refractivity contribution >= 4 is 17.0 Å². The fourth-order valence-corrected chi connectivity index (χ4v) is 4.89. The van der Waals surface area contributed by atoms with Crippen LogP contribution in [0.2, 0.25) is 0 Å². The molecule has 1 atom stereocenters. The lowest BCUT2D eigenvalue weighted by molar-refractivity contribution is 0.281. The molecule has 1 N–H and O–H groups in total. The second-order valence-electron chi connectivity index (χ2n) is 9.44. The van der Waals surface area contributed by atoms with Gasteiger partial charge >= 0.3 is 0 Å². The number of nitrogens with one attached hydrogen (secondary N) is 1. The van der Waals surface area contributed by atoms with E-state index in [0.717, 1.165) is 49.2 Å². The Bertz CT molecular complexity index is 1140. The molecule has 2 aliphatic rings. The lowest BCUT2D eigenvalue weighted by atomic mass is 10.2. The van der Waals surface area contributed by atoms with Gasteiger partial charge in [-0.1, -0.05) is 49.1 Å². The van der Waals surface area contributed by atoms with Crippen LogP contribution in [0.3, 0.4) is 0 Å². The van der Waals surface area contributed by atoms with Gasteiger partial charge < -0.3 is 10.2 Å². The lowest BCUT2D eigenvalue weighted by Crippen LogP contribution is -2.31. The van der Waals surface area contributed by atoms with E-state index in [1.54, 1.807) is 0 Å². The number of likely N-dealkylation sites (tertiary alicyclic amines) is 1. The molecule has 0 radical (unpaired) electrons. The fourth-order valence-electron chi connectivity index (χ4n) is 4.89. The summed E-state index contributed by atoms with van der Waals surface area (Å²) < 4.78 is 2.11. The highest BCUT2D eigenvalue weighted by Crippen LogP contribution is 2.32. The van der Waals surface area contributed by atoms with Crippen LogP contribution in [-0.2, 0) is 6.54 Å². The molecule has 0 bridgehead atoms. The highest BCUT2D eigenvalue weighted by Gasteiger charge is 2.24. The van der Waals surface area contributed by atoms with E-state index in [1.165, 1.54) is 24.8 Å². The molecule has 1 aliphatic heterocycles. The van der Waals surface area contributed by atoms with Crippen molar-refractivity contribution in [2.24, 2.45) is 0 Å². The molecule has 3 heterocycles. The molecule has 3 aromatic rings. The predicted molar refractivity (Wildman–Crippen MR) is 132 cm³/mol. The van der Waals surface area contributed by atoms with Crippen LogP contribution in [0.1, 0.15) is 49.4 Å². The molecule has 1 saturated carbocycles. The Balaban J connectivity index is 1.36. The highest BCUT2D eigenvalue weighted by atomic mass is 15.3. The smallest absolute Gasteiger partial charge is 0.224 e. The Kier molecular flexibility index (Phi) is 6.56. The zero-order chi connectivity index (χ0) is 22.6. The van der Waals surface area contributed by atoms with Gasteiger partial charge in [-0.05, 0) is 44.8 Å². The molecule has 1 aromatic carbocycles. The molecule has 0 spiro atoms. The van der Waals surface area contributed by atoms with Crippen LogP contribution in [0.4, 0.5) is 5.95 Å². The second-order valence-corrected chi connectivity index (χ2v) is 9.44. The largest absolute Gasteiger partial charge is 0.350 e. The van der Waals surface area contributed by atoms with Gasteiger partial charge in [0, 0.05) is 31.9 Å². The number of benzene rings is 1. The fraction of sp³-hybridized carbons (Fsp3) is 0.500. The van der Waals surface area contributed by atoms with Crippen molar-refractivity contribution in [3.05, 3.63) is 47.8 Å². The van der Waals surface area contributed by atoms with Gasteiger partial charge in [0.2, 0.25) is 5.95 Å². The zero-order valence-electron chi connectivity index (χ0n) is 19.7. The Morgan fingerprint density at radius 3 is 2.70 bits per heavy atom. The molecule has 2 fully saturated rings. The van der Waals surface area contributed by atoms with Crippen LogP contribution in [0.15, 0.2) is 36.5 Å². The van der Waals surface area contributed by atoms with Crippen molar-refractivity contribution < 1.29 is 0 Å². The maximum atomic E-state index is 4.92. The van der Waals surface area contributed by atoms with Crippen molar-refractivity contribution in [1.29, 1.82) is 0 Å². The molecule has 33 heavy (non-hydrogen) atoms. The first-order valence-electron chi connectivity index (χ1n) is 12.1. The number of nitrogens with zero attached hydrogens (tertiary/aromatic N) is 6. The summed E-state index contributed by atoms with van der Waals surface area (Å²) in [6.45, 7) is 3.66. The number of hydrogen-bond acceptors (Lipinski definition) is 6. The molecule has 7 heteroatoms. The zero-order valence-corrected chi connectivity index (χ0v) is 19.7. The Morgan fingerprint density at radius 1 is 1.12 bits per heavy atom. The molecule has 1 saturated heterocycles. The van der Waals surface area contributed by atoms with E-state index < -0.39 is 0 Å². The SMILES string of the molecule is CN(C)C1CCN(CC#Cc2nn(C3CCCC3)c3nc(NCc4ccccc4)ncc23)C1. The van der Waals surface area contributed by atoms with Gasteiger partial charge in [0.1, 0.15) is 5.69 Å². The minimum absolute atomic E-state index is 0.402. The summed E-state index contributed by atoms with van der Waals surface area (Å²) in [6, 6.07) is 11.4. The summed E-state index contributed by atoms with van der Waals surface area (Å²) in [5, 5.41) is 9.24. The first kappa shape index (κ1) is 21.9. The minimum atomic E-state index is 0.402. The van der Waals surface area contributed by atoms with E-state index in [1.807, 2.05) is 24.4 Å². The van der Waals surface area contributed by atoms with E-state index in [9.17, 15) is 0 Å². The minimum Gasteiger partial charge on any atom is -0.350 e. The van der Waals surface area contributed by atoms with Crippen LogP contribution in [-0.4, -0.2) is 69.3 Å². The van der Waals surface area contributed by atoms with Gasteiger partial charge in [0.25, 0.3) is 0 Å². The quantitative estimate of drug-likeness (QED) is 0.588. The van der Waals surface area contributed by atoms with Crippen molar-refractivity contribution in [1.82, 2.24) is 29.5 Å². The summed E-state index contributed by atoms with van der Waals surface area (Å²) in [4.78, 5) is 14.2. The molecular formula is C26H33N7. The van der Waals surface area contributed by atoms with Crippen molar-refractivity contribution in [2.75, 3.05) is 39.0 Å². The van der Waals surface area contributed by atoms with Gasteiger partial charge in [-0.25, -0.2) is 9.67 Å². The number of hydrogen-bond donors (Lipinski definition) is 1. The normalized spacial score (nSPS) is 19.3. The van der Waals surface area contributed by atoms with Gasteiger partial charge in [-0.2, -0.15) is 10.1 Å². The third-order valence-corrected chi connectivity index (χ3v) is 6.90. The van der Waals surface area contributed by atoms with E-state index in [4.69, 9.17) is 10.1 Å². The maximum Gasteiger partial charge on any atom is 0.224 e. The average molecular weight is 444 g/mol. The summed E-state index contributed by atoms with van der Waals surface area (Å²) in [5.74, 6) is 7.35. The number of aromatic nitrogens is 4. The first-order valence-corrected chi connectivity index (χ1v) is 12.1. The maximum absolute atomic E-state index is 4.92. The van der Waals surface area contributed by atoms with Crippen LogP contribution in [0.25, 0.3) is 11.0 Å². The number of likely N-dealkylation sites (N-methyl/N-ethyl adjacent to an activating group) is 1. The molecule has 0 amide bonds. The van der Waals surface area contributed by atoms with Crippen LogP contribution in [0.5, 0.6) is 0 Å². The standard InChI is InChI=1S/C26H33N7/c1-31(2)22-14-16-32(19-22)15-8-13-24-23-18-28-26(27-17-20-9-4-3-5-10-20)29-25(23)33(30-24)21-11-6-7-12-21/h3-5,9-10,18,21-22H,6-7,11-12,14-17,19H2,1-2H3,(H,27,28,29). The summed E-state index contributed by atoms with van der Waals surface area (Å²) in [5.41, 5.74) is 2.90. The summed E-state index contributed by atoms with van der Waals surface area (Å²) in [7, 11) is 4.31. The topological polar surface area (TPSA) is 62.1 Å². The van der Waals surface area contributed by atoms with Crippen LogP contribution in [0, 0.1) is 11.8 Å². The second kappa shape index (κ2) is 9.90. The van der Waals surface area contributed by atoms with Gasteiger partial charge in [-0.15, -0.1) is 0 Å². The van der Waals surface area contributed by atoms with Crippen LogP contribution < -0.4 is 5.32 Å². The van der Waals surface area contributed by atoms with E-state index in [0.29, 0.717) is 24.6 Å². The summed E-state index contributed by atoms with van der Waals surface area (Å²) in [6.07, 6.45) is 7.90. The van der Waals surface area contributed by atoms with E-state index >= 15 is 0 Å². The molecule has 1 aliphatic carbocycles. The first-order chi connectivity index (χ1) is 16.2. The number of anilines is 1. The molecule has 1 unspecified atom stereocenters. The van der Waals surface area contributed by atoms with Gasteiger partial charge in [-0.3, -0.25) is 4.90 Å². The monoisotopic (exact) mass is 443 g/mol. The Morgan fingerprint density at radius 2 is 1.94 bits per heavy atom. The molecule has 7 nitrogen and oxygen atoms in total. The van der Waals surface area contributed by atoms with Crippen molar-refractivity contribution in [3.63, 3.8) is 0 Å². The highest BCUT2D eigenvalue weighted by molar-refractivity contribution is 5.81. The third-order valence-electron chi connectivity index (χ3n) is 6.90. The number of fused-ring (bicyclic) bond motifs is 1. The summed E-state index contributed by atoms with van der Waals surface area (Å²) >= 11 is 0. The molecule has 172 valence electrons. The average Bonchev–Trinajstić information content (AvgIpc) is 3.59. The van der Waals surface area contributed by atoms with E-state index in [-0.39, 0.29) is 0 Å². The number of rotatable bonds is 6. The van der Waals surface area contributed by atoms with E-state index in [2.05, 4.69) is 62.9 Å². The predicted octanol–water partition coefficient (Wildman–Crippen LogP) is 3.54. The molecule has 5 rings (SSSR count).